The first-order valence-corrected chi connectivity index (χ1v) is 5.06. The van der Waals surface area contributed by atoms with Gasteiger partial charge in [-0.15, -0.1) is 0 Å². The fourth-order valence-corrected chi connectivity index (χ4v) is 1.44. The maximum Gasteiger partial charge on any atom is 0.313 e. The van der Waals surface area contributed by atoms with Gasteiger partial charge in [0.25, 0.3) is 5.88 Å². The highest BCUT2D eigenvalue weighted by atomic mass is 16.5. The topological polar surface area (TPSA) is 64.3 Å². The molecule has 0 saturated heterocycles. The van der Waals surface area contributed by atoms with Gasteiger partial charge in [0.1, 0.15) is 11.5 Å². The van der Waals surface area contributed by atoms with Crippen molar-refractivity contribution in [1.29, 1.82) is 0 Å². The van der Waals surface area contributed by atoms with Gasteiger partial charge in [-0.3, -0.25) is 4.79 Å². The van der Waals surface area contributed by atoms with E-state index in [2.05, 4.69) is 4.98 Å². The van der Waals surface area contributed by atoms with Crippen LogP contribution in [0.3, 0.4) is 0 Å². The molecular weight excluding hydrogens is 220 g/mol. The largest absolute Gasteiger partial charge is 0.508 e. The van der Waals surface area contributed by atoms with Crippen LogP contribution in [0.5, 0.6) is 17.4 Å². The third-order valence-electron chi connectivity index (χ3n) is 2.24. The van der Waals surface area contributed by atoms with Crippen molar-refractivity contribution in [3.05, 3.63) is 46.5 Å². The zero-order chi connectivity index (χ0) is 12.4. The summed E-state index contributed by atoms with van der Waals surface area (Å²) in [6, 6.07) is 4.75. The molecule has 0 aliphatic rings. The Morgan fingerprint density at radius 3 is 2.82 bits per heavy atom. The molecule has 2 rings (SSSR count). The normalized spacial score (nSPS) is 10.2. The minimum atomic E-state index is -0.325. The Morgan fingerprint density at radius 2 is 2.12 bits per heavy atom. The van der Waals surface area contributed by atoms with Gasteiger partial charge < -0.3 is 14.4 Å². The number of hydrogen-bond donors (Lipinski definition) is 1. The van der Waals surface area contributed by atoms with Crippen LogP contribution in [0.4, 0.5) is 0 Å². The monoisotopic (exact) mass is 232 g/mol. The molecule has 0 spiro atoms. The number of aromatic hydroxyl groups is 1. The molecular formula is C12H12N2O3. The molecule has 5 nitrogen and oxygen atoms in total. The average Bonchev–Trinajstić information content (AvgIpc) is 2.23. The van der Waals surface area contributed by atoms with E-state index in [4.69, 9.17) is 4.74 Å². The van der Waals surface area contributed by atoms with Crippen molar-refractivity contribution in [3.8, 4) is 17.4 Å². The first-order chi connectivity index (χ1) is 8.06. The van der Waals surface area contributed by atoms with E-state index >= 15 is 0 Å². The lowest BCUT2D eigenvalue weighted by molar-refractivity contribution is 0.435. The van der Waals surface area contributed by atoms with Gasteiger partial charge in [-0.05, 0) is 24.6 Å². The minimum Gasteiger partial charge on any atom is -0.508 e. The summed E-state index contributed by atoms with van der Waals surface area (Å²) < 4.78 is 6.72. The van der Waals surface area contributed by atoms with Gasteiger partial charge in [-0.25, -0.2) is 4.98 Å². The van der Waals surface area contributed by atoms with E-state index < -0.39 is 0 Å². The summed E-state index contributed by atoms with van der Waals surface area (Å²) in [6.07, 6.45) is 3.02. The lowest BCUT2D eigenvalue weighted by Crippen LogP contribution is -2.18. The van der Waals surface area contributed by atoms with Crippen LogP contribution < -0.4 is 10.3 Å². The third-order valence-corrected chi connectivity index (χ3v) is 2.24. The van der Waals surface area contributed by atoms with Gasteiger partial charge in [-0.2, -0.15) is 0 Å². The van der Waals surface area contributed by atoms with Crippen molar-refractivity contribution in [1.82, 2.24) is 9.55 Å². The van der Waals surface area contributed by atoms with Crippen molar-refractivity contribution in [2.24, 2.45) is 7.05 Å². The molecule has 1 aromatic heterocycles. The molecule has 0 fully saturated rings. The number of benzene rings is 1. The molecule has 0 aliphatic carbocycles. The summed E-state index contributed by atoms with van der Waals surface area (Å²) >= 11 is 0. The molecule has 0 amide bonds. The molecule has 0 radical (unpaired) electrons. The predicted molar refractivity (Wildman–Crippen MR) is 62.4 cm³/mol. The fraction of sp³-hybridized carbons (Fsp3) is 0.167. The molecule has 0 saturated carbocycles. The number of nitrogens with zero attached hydrogens (tertiary/aromatic N) is 2. The summed E-state index contributed by atoms with van der Waals surface area (Å²) in [6.45, 7) is 1.82. The SMILES string of the molecule is Cc1cc(O)cc(Oc2nccn(C)c2=O)c1. The first-order valence-electron chi connectivity index (χ1n) is 5.06. The second-order valence-electron chi connectivity index (χ2n) is 3.75. The summed E-state index contributed by atoms with van der Waals surface area (Å²) in [5, 5.41) is 9.41. The minimum absolute atomic E-state index is 0.0139. The van der Waals surface area contributed by atoms with Gasteiger partial charge in [0, 0.05) is 25.5 Å². The van der Waals surface area contributed by atoms with Crippen molar-refractivity contribution >= 4 is 0 Å². The maximum absolute atomic E-state index is 11.7. The molecule has 5 heteroatoms. The Bertz CT molecular complexity index is 585. The molecule has 2 aromatic rings. The molecule has 0 aliphatic heterocycles. The molecule has 88 valence electrons. The van der Waals surface area contributed by atoms with Gasteiger partial charge in [0.05, 0.1) is 0 Å². The molecule has 0 bridgehead atoms. The fourth-order valence-electron chi connectivity index (χ4n) is 1.44. The number of phenols is 1. The quantitative estimate of drug-likeness (QED) is 0.853. The number of rotatable bonds is 2. The van der Waals surface area contributed by atoms with E-state index in [1.807, 2.05) is 6.92 Å². The van der Waals surface area contributed by atoms with E-state index in [0.717, 1.165) is 5.56 Å². The van der Waals surface area contributed by atoms with Gasteiger partial charge in [0.15, 0.2) is 0 Å². The highest BCUT2D eigenvalue weighted by Crippen LogP contribution is 2.23. The van der Waals surface area contributed by atoms with Crippen molar-refractivity contribution in [2.75, 3.05) is 0 Å². The summed E-state index contributed by atoms with van der Waals surface area (Å²) in [5.41, 5.74) is 0.515. The van der Waals surface area contributed by atoms with Crippen LogP contribution in [-0.4, -0.2) is 14.7 Å². The van der Waals surface area contributed by atoms with E-state index in [9.17, 15) is 9.90 Å². The van der Waals surface area contributed by atoms with Crippen molar-refractivity contribution in [2.45, 2.75) is 6.92 Å². The molecule has 1 aromatic carbocycles. The zero-order valence-electron chi connectivity index (χ0n) is 9.54. The van der Waals surface area contributed by atoms with Crippen LogP contribution in [-0.2, 0) is 7.05 Å². The Labute approximate surface area is 97.9 Å². The summed E-state index contributed by atoms with van der Waals surface area (Å²) in [5.74, 6) is 0.464. The smallest absolute Gasteiger partial charge is 0.313 e. The van der Waals surface area contributed by atoms with E-state index in [-0.39, 0.29) is 17.2 Å². The number of aromatic nitrogens is 2. The number of aryl methyl sites for hydroxylation is 2. The standard InChI is InChI=1S/C12H12N2O3/c1-8-5-9(15)7-10(6-8)17-11-12(16)14(2)4-3-13-11/h3-7,15H,1-2H3. The first kappa shape index (κ1) is 11.2. The van der Waals surface area contributed by atoms with E-state index in [0.29, 0.717) is 5.75 Å². The van der Waals surface area contributed by atoms with E-state index in [1.54, 1.807) is 25.4 Å². The number of hydrogen-bond acceptors (Lipinski definition) is 4. The van der Waals surface area contributed by atoms with Crippen molar-refractivity contribution < 1.29 is 9.84 Å². The lowest BCUT2D eigenvalue weighted by Gasteiger charge is -2.06. The second kappa shape index (κ2) is 4.29. The predicted octanol–water partition coefficient (Wildman–Crippen LogP) is 1.59. The molecule has 0 unspecified atom stereocenters. The van der Waals surface area contributed by atoms with Crippen LogP contribution in [0.2, 0.25) is 0 Å². The van der Waals surface area contributed by atoms with Crippen LogP contribution in [0.25, 0.3) is 0 Å². The van der Waals surface area contributed by atoms with Crippen LogP contribution in [0, 0.1) is 6.92 Å². The summed E-state index contributed by atoms with van der Waals surface area (Å²) in [7, 11) is 1.62. The van der Waals surface area contributed by atoms with Gasteiger partial charge in [-0.1, -0.05) is 0 Å². The molecule has 0 atom stereocenters. The molecule has 1 heterocycles. The number of phenolic OH excluding ortho intramolecular Hbond substituents is 1. The lowest BCUT2D eigenvalue weighted by atomic mass is 10.2. The average molecular weight is 232 g/mol. The Balaban J connectivity index is 2.38. The maximum atomic E-state index is 11.7. The van der Waals surface area contributed by atoms with Gasteiger partial charge >= 0.3 is 5.56 Å². The second-order valence-corrected chi connectivity index (χ2v) is 3.75. The van der Waals surface area contributed by atoms with Crippen LogP contribution in [0.1, 0.15) is 5.56 Å². The zero-order valence-corrected chi connectivity index (χ0v) is 9.54. The van der Waals surface area contributed by atoms with Crippen LogP contribution in [0.15, 0.2) is 35.4 Å². The molecule has 1 N–H and O–H groups in total. The summed E-state index contributed by atoms with van der Waals surface area (Å²) in [4.78, 5) is 15.5. The highest BCUT2D eigenvalue weighted by Gasteiger charge is 2.06. The van der Waals surface area contributed by atoms with Crippen molar-refractivity contribution in [3.63, 3.8) is 0 Å². The Morgan fingerprint density at radius 1 is 1.35 bits per heavy atom. The number of ether oxygens (including phenoxy) is 1. The Hall–Kier alpha value is -2.30. The molecule has 17 heavy (non-hydrogen) atoms. The van der Waals surface area contributed by atoms with E-state index in [1.165, 1.54) is 16.8 Å². The Kier molecular flexibility index (Phi) is 2.82. The van der Waals surface area contributed by atoms with Gasteiger partial charge in [0.2, 0.25) is 0 Å². The highest BCUT2D eigenvalue weighted by molar-refractivity contribution is 5.38. The van der Waals surface area contributed by atoms with Crippen LogP contribution >= 0.6 is 0 Å². The third kappa shape index (κ3) is 2.44.